The van der Waals surface area contributed by atoms with E-state index in [-0.39, 0.29) is 5.92 Å². The number of nitrogens with one attached hydrogen (secondary N) is 1. The molecule has 0 saturated heterocycles. The second-order valence-electron chi connectivity index (χ2n) is 4.95. The molecule has 0 aromatic rings. The lowest BCUT2D eigenvalue weighted by molar-refractivity contribution is -0.147. The molecule has 1 unspecified atom stereocenters. The van der Waals surface area contributed by atoms with Crippen LogP contribution in [0.2, 0.25) is 0 Å². The van der Waals surface area contributed by atoms with Gasteiger partial charge in [0, 0.05) is 6.54 Å². The number of alkyl halides is 3. The Morgan fingerprint density at radius 3 is 2.32 bits per heavy atom. The van der Waals surface area contributed by atoms with Crippen LogP contribution < -0.4 is 5.32 Å². The number of amides is 1. The molecule has 0 radical (unpaired) electrons. The van der Waals surface area contributed by atoms with Crippen LogP contribution in [0.15, 0.2) is 0 Å². The van der Waals surface area contributed by atoms with Gasteiger partial charge >= 0.3 is 12.1 Å². The number of carboxylic acids is 1. The highest BCUT2D eigenvalue weighted by Crippen LogP contribution is 2.38. The van der Waals surface area contributed by atoms with Gasteiger partial charge in [0.1, 0.15) is 0 Å². The number of hydrogen-bond donors (Lipinski definition) is 2. The molecular formula is C12H18F3NO3. The van der Waals surface area contributed by atoms with Gasteiger partial charge in [-0.15, -0.1) is 0 Å². The fourth-order valence-corrected chi connectivity index (χ4v) is 2.50. The molecule has 19 heavy (non-hydrogen) atoms. The summed E-state index contributed by atoms with van der Waals surface area (Å²) in [6.45, 7) is 1.41. The summed E-state index contributed by atoms with van der Waals surface area (Å²) in [5.74, 6) is -2.97. The first kappa shape index (κ1) is 15.8. The Morgan fingerprint density at radius 2 is 1.84 bits per heavy atom. The van der Waals surface area contributed by atoms with Crippen LogP contribution in [0.1, 0.15) is 32.6 Å². The van der Waals surface area contributed by atoms with Crippen molar-refractivity contribution in [3.05, 3.63) is 0 Å². The van der Waals surface area contributed by atoms with Crippen LogP contribution in [-0.4, -0.2) is 29.7 Å². The van der Waals surface area contributed by atoms with Crippen molar-refractivity contribution in [2.75, 3.05) is 6.54 Å². The van der Waals surface area contributed by atoms with Gasteiger partial charge in [-0.2, -0.15) is 13.2 Å². The molecule has 2 N–H and O–H groups in total. The highest BCUT2D eigenvalue weighted by molar-refractivity contribution is 5.85. The molecule has 1 aliphatic rings. The van der Waals surface area contributed by atoms with E-state index in [1.165, 1.54) is 0 Å². The van der Waals surface area contributed by atoms with Gasteiger partial charge in [-0.3, -0.25) is 9.59 Å². The lowest BCUT2D eigenvalue weighted by Crippen LogP contribution is -2.36. The standard InChI is InChI=1S/C12H18F3NO3/c1-2-7-5-8(9(6-7)11(18)19)10(17)16-4-3-12(13,14)15/h7-9H,2-6H2,1H3,(H,16,17)(H,18,19)/t7?,8-,9+/m0/s1. The van der Waals surface area contributed by atoms with E-state index in [1.807, 2.05) is 6.92 Å². The summed E-state index contributed by atoms with van der Waals surface area (Å²) in [7, 11) is 0. The van der Waals surface area contributed by atoms with Crippen LogP contribution >= 0.6 is 0 Å². The van der Waals surface area contributed by atoms with Crippen LogP contribution in [0.4, 0.5) is 13.2 Å². The molecule has 0 spiro atoms. The summed E-state index contributed by atoms with van der Waals surface area (Å²) in [6.07, 6.45) is -3.79. The van der Waals surface area contributed by atoms with Gasteiger partial charge < -0.3 is 10.4 Å². The Morgan fingerprint density at radius 1 is 1.26 bits per heavy atom. The second kappa shape index (κ2) is 6.25. The van der Waals surface area contributed by atoms with Gasteiger partial charge in [0.25, 0.3) is 0 Å². The summed E-state index contributed by atoms with van der Waals surface area (Å²) in [5.41, 5.74) is 0. The van der Waals surface area contributed by atoms with E-state index in [4.69, 9.17) is 5.11 Å². The van der Waals surface area contributed by atoms with Crippen molar-refractivity contribution < 1.29 is 27.9 Å². The first-order valence-corrected chi connectivity index (χ1v) is 6.31. The number of rotatable bonds is 5. The fraction of sp³-hybridized carbons (Fsp3) is 0.833. The minimum Gasteiger partial charge on any atom is -0.481 e. The summed E-state index contributed by atoms with van der Waals surface area (Å²) < 4.78 is 35.9. The maximum atomic E-state index is 12.0. The van der Waals surface area contributed by atoms with E-state index in [1.54, 1.807) is 0 Å². The predicted octanol–water partition coefficient (Wildman–Crippen LogP) is 2.19. The average molecular weight is 281 g/mol. The zero-order chi connectivity index (χ0) is 14.6. The van der Waals surface area contributed by atoms with Crippen LogP contribution in [0.25, 0.3) is 0 Å². The summed E-state index contributed by atoms with van der Waals surface area (Å²) in [4.78, 5) is 22.8. The third-order valence-electron chi connectivity index (χ3n) is 3.60. The number of carbonyl (C=O) groups is 2. The van der Waals surface area contributed by atoms with E-state index in [2.05, 4.69) is 5.32 Å². The van der Waals surface area contributed by atoms with Crippen molar-refractivity contribution in [2.45, 2.75) is 38.8 Å². The SMILES string of the molecule is CCC1C[C@H](C(=O)NCCC(F)(F)F)[C@H](C(=O)O)C1. The molecule has 1 aliphatic carbocycles. The monoisotopic (exact) mass is 281 g/mol. The maximum Gasteiger partial charge on any atom is 0.390 e. The molecule has 1 rings (SSSR count). The zero-order valence-corrected chi connectivity index (χ0v) is 10.7. The van der Waals surface area contributed by atoms with Crippen molar-refractivity contribution in [1.29, 1.82) is 0 Å². The lowest BCUT2D eigenvalue weighted by atomic mass is 9.95. The van der Waals surface area contributed by atoms with Gasteiger partial charge in [0.15, 0.2) is 0 Å². The van der Waals surface area contributed by atoms with Crippen molar-refractivity contribution >= 4 is 11.9 Å². The van der Waals surface area contributed by atoms with Crippen molar-refractivity contribution in [2.24, 2.45) is 17.8 Å². The van der Waals surface area contributed by atoms with Gasteiger partial charge in [-0.05, 0) is 18.8 Å². The van der Waals surface area contributed by atoms with E-state index in [9.17, 15) is 22.8 Å². The van der Waals surface area contributed by atoms with Gasteiger partial charge in [-0.25, -0.2) is 0 Å². The van der Waals surface area contributed by atoms with Crippen molar-refractivity contribution in [1.82, 2.24) is 5.32 Å². The Bertz CT molecular complexity index is 344. The summed E-state index contributed by atoms with van der Waals surface area (Å²) in [5, 5.41) is 11.2. The molecule has 1 amide bonds. The highest BCUT2D eigenvalue weighted by atomic mass is 19.4. The molecule has 0 heterocycles. The molecule has 4 nitrogen and oxygen atoms in total. The number of carboxylic acid groups (broad SMARTS) is 1. The second-order valence-corrected chi connectivity index (χ2v) is 4.95. The molecule has 0 aromatic carbocycles. The zero-order valence-electron chi connectivity index (χ0n) is 10.7. The Hall–Kier alpha value is -1.27. The third kappa shape index (κ3) is 4.72. The molecule has 110 valence electrons. The molecule has 0 aliphatic heterocycles. The van der Waals surface area contributed by atoms with Gasteiger partial charge in [0.05, 0.1) is 18.3 Å². The third-order valence-corrected chi connectivity index (χ3v) is 3.60. The maximum absolute atomic E-state index is 12.0. The molecule has 3 atom stereocenters. The van der Waals surface area contributed by atoms with Crippen LogP contribution in [0.5, 0.6) is 0 Å². The number of aliphatic carboxylic acids is 1. The smallest absolute Gasteiger partial charge is 0.390 e. The lowest BCUT2D eigenvalue weighted by Gasteiger charge is -2.16. The van der Waals surface area contributed by atoms with E-state index in [0.717, 1.165) is 6.42 Å². The van der Waals surface area contributed by atoms with Crippen LogP contribution in [0, 0.1) is 17.8 Å². The van der Waals surface area contributed by atoms with E-state index < -0.39 is 42.9 Å². The fourth-order valence-electron chi connectivity index (χ4n) is 2.50. The molecule has 1 fully saturated rings. The number of halogens is 3. The van der Waals surface area contributed by atoms with E-state index in [0.29, 0.717) is 12.8 Å². The highest BCUT2D eigenvalue weighted by Gasteiger charge is 2.42. The first-order chi connectivity index (χ1) is 8.74. The van der Waals surface area contributed by atoms with Gasteiger partial charge in [0.2, 0.25) is 5.91 Å². The number of hydrogen-bond acceptors (Lipinski definition) is 2. The molecule has 0 bridgehead atoms. The van der Waals surface area contributed by atoms with Crippen LogP contribution in [-0.2, 0) is 9.59 Å². The van der Waals surface area contributed by atoms with Gasteiger partial charge in [-0.1, -0.05) is 13.3 Å². The topological polar surface area (TPSA) is 66.4 Å². The molecule has 0 aromatic heterocycles. The minimum absolute atomic E-state index is 0.152. The van der Waals surface area contributed by atoms with Crippen molar-refractivity contribution in [3.8, 4) is 0 Å². The van der Waals surface area contributed by atoms with E-state index >= 15 is 0 Å². The van der Waals surface area contributed by atoms with Crippen molar-refractivity contribution in [3.63, 3.8) is 0 Å². The molecular weight excluding hydrogens is 263 g/mol. The normalized spacial score (nSPS) is 27.3. The Balaban J connectivity index is 2.52. The molecule has 7 heteroatoms. The number of carbonyl (C=O) groups excluding carboxylic acids is 1. The largest absolute Gasteiger partial charge is 0.481 e. The Labute approximate surface area is 109 Å². The minimum atomic E-state index is -4.32. The first-order valence-electron chi connectivity index (χ1n) is 6.31. The summed E-state index contributed by atoms with van der Waals surface area (Å²) >= 11 is 0. The summed E-state index contributed by atoms with van der Waals surface area (Å²) in [6, 6.07) is 0. The van der Waals surface area contributed by atoms with Crippen LogP contribution in [0.3, 0.4) is 0 Å². The Kier molecular flexibility index (Phi) is 5.20. The quantitative estimate of drug-likeness (QED) is 0.811. The average Bonchev–Trinajstić information content (AvgIpc) is 2.71. The predicted molar refractivity (Wildman–Crippen MR) is 61.3 cm³/mol. The molecule has 1 saturated carbocycles.